The average molecular weight is 492 g/mol. The Kier molecular flexibility index (Phi) is 14.8. The van der Waals surface area contributed by atoms with E-state index in [0.29, 0.717) is 31.9 Å². The van der Waals surface area contributed by atoms with Crippen LogP contribution in [0, 0.1) is 0 Å². The number of carbonyl (C=O) groups is 1. The lowest BCUT2D eigenvalue weighted by atomic mass is 10.1. The van der Waals surface area contributed by atoms with Crippen LogP contribution in [0.1, 0.15) is 29.3 Å². The van der Waals surface area contributed by atoms with Crippen LogP contribution in [-0.4, -0.2) is 70.9 Å². The van der Waals surface area contributed by atoms with Crippen molar-refractivity contribution in [2.45, 2.75) is 19.9 Å². The molecular formula is C19H33IN4O3. The maximum atomic E-state index is 11.9. The van der Waals surface area contributed by atoms with Crippen LogP contribution in [0.25, 0.3) is 0 Å². The van der Waals surface area contributed by atoms with Crippen molar-refractivity contribution in [3.63, 3.8) is 0 Å². The van der Waals surface area contributed by atoms with Gasteiger partial charge in [-0.3, -0.25) is 4.79 Å². The highest BCUT2D eigenvalue weighted by molar-refractivity contribution is 14.0. The molecule has 27 heavy (non-hydrogen) atoms. The van der Waals surface area contributed by atoms with E-state index in [9.17, 15) is 4.79 Å². The van der Waals surface area contributed by atoms with Crippen LogP contribution in [0.15, 0.2) is 29.3 Å². The van der Waals surface area contributed by atoms with E-state index in [4.69, 9.17) is 9.47 Å². The van der Waals surface area contributed by atoms with Gasteiger partial charge in [-0.25, -0.2) is 4.99 Å². The Morgan fingerprint density at radius 1 is 1.11 bits per heavy atom. The number of nitrogens with one attached hydrogen (secondary N) is 2. The average Bonchev–Trinajstić information content (AvgIpc) is 2.65. The molecule has 0 saturated carbocycles. The van der Waals surface area contributed by atoms with E-state index in [1.807, 2.05) is 31.2 Å². The van der Waals surface area contributed by atoms with E-state index >= 15 is 0 Å². The molecule has 0 unspecified atom stereocenters. The largest absolute Gasteiger partial charge is 0.382 e. The molecule has 0 saturated heterocycles. The van der Waals surface area contributed by atoms with Gasteiger partial charge in [0.1, 0.15) is 0 Å². The summed E-state index contributed by atoms with van der Waals surface area (Å²) < 4.78 is 10.4. The SMILES string of the molecule is CCNC(=NCc1ccc(C(=O)N(C)C)cc1)NCCCOCCOC.I. The lowest BCUT2D eigenvalue weighted by Crippen LogP contribution is -2.38. The quantitative estimate of drug-likeness (QED) is 0.214. The number of halogens is 1. The van der Waals surface area contributed by atoms with Crippen LogP contribution in [-0.2, 0) is 16.0 Å². The third-order valence-corrected chi connectivity index (χ3v) is 3.56. The van der Waals surface area contributed by atoms with Crippen LogP contribution in [0.4, 0.5) is 0 Å². The van der Waals surface area contributed by atoms with E-state index in [1.165, 1.54) is 0 Å². The molecule has 0 aromatic heterocycles. The molecule has 0 bridgehead atoms. The highest BCUT2D eigenvalue weighted by Gasteiger charge is 2.07. The van der Waals surface area contributed by atoms with Gasteiger partial charge in [-0.05, 0) is 31.0 Å². The molecule has 0 atom stereocenters. The highest BCUT2D eigenvalue weighted by atomic mass is 127. The Hall–Kier alpha value is -1.39. The van der Waals surface area contributed by atoms with Crippen molar-refractivity contribution < 1.29 is 14.3 Å². The summed E-state index contributed by atoms with van der Waals surface area (Å²) in [4.78, 5) is 18.0. The minimum absolute atomic E-state index is 0. The van der Waals surface area contributed by atoms with Crippen molar-refractivity contribution in [2.75, 3.05) is 54.1 Å². The molecule has 1 aromatic rings. The Morgan fingerprint density at radius 2 is 1.81 bits per heavy atom. The van der Waals surface area contributed by atoms with Gasteiger partial charge in [0.15, 0.2) is 5.96 Å². The fourth-order valence-corrected chi connectivity index (χ4v) is 2.15. The van der Waals surface area contributed by atoms with Crippen LogP contribution in [0.2, 0.25) is 0 Å². The summed E-state index contributed by atoms with van der Waals surface area (Å²) in [6.07, 6.45) is 0.898. The second-order valence-electron chi connectivity index (χ2n) is 5.98. The number of aliphatic imine (C=N–C) groups is 1. The molecule has 0 aliphatic rings. The summed E-state index contributed by atoms with van der Waals surface area (Å²) in [7, 11) is 5.16. The molecule has 0 aliphatic carbocycles. The predicted molar refractivity (Wildman–Crippen MR) is 120 cm³/mol. The number of hydrogen-bond acceptors (Lipinski definition) is 4. The minimum atomic E-state index is 0. The maximum Gasteiger partial charge on any atom is 0.253 e. The van der Waals surface area contributed by atoms with E-state index in [-0.39, 0.29) is 29.9 Å². The van der Waals surface area contributed by atoms with Crippen molar-refractivity contribution >= 4 is 35.8 Å². The molecule has 154 valence electrons. The van der Waals surface area contributed by atoms with E-state index in [2.05, 4.69) is 15.6 Å². The number of benzene rings is 1. The minimum Gasteiger partial charge on any atom is -0.382 e. The summed E-state index contributed by atoms with van der Waals surface area (Å²) in [5.74, 6) is 0.778. The third-order valence-electron chi connectivity index (χ3n) is 3.56. The van der Waals surface area contributed by atoms with Crippen molar-refractivity contribution in [3.05, 3.63) is 35.4 Å². The Balaban J connectivity index is 0.00000676. The molecular weight excluding hydrogens is 459 g/mol. The van der Waals surface area contributed by atoms with Gasteiger partial charge in [0.05, 0.1) is 19.8 Å². The number of hydrogen-bond donors (Lipinski definition) is 2. The fourth-order valence-electron chi connectivity index (χ4n) is 2.15. The van der Waals surface area contributed by atoms with Crippen LogP contribution >= 0.6 is 24.0 Å². The molecule has 0 radical (unpaired) electrons. The molecule has 2 N–H and O–H groups in total. The molecule has 0 heterocycles. The van der Waals surface area contributed by atoms with E-state index in [0.717, 1.165) is 31.0 Å². The number of guanidine groups is 1. The molecule has 0 fully saturated rings. The molecule has 0 spiro atoms. The molecule has 1 aromatic carbocycles. The lowest BCUT2D eigenvalue weighted by molar-refractivity contribution is 0.0698. The Morgan fingerprint density at radius 3 is 2.41 bits per heavy atom. The van der Waals surface area contributed by atoms with Gasteiger partial charge in [-0.1, -0.05) is 12.1 Å². The predicted octanol–water partition coefficient (Wildman–Crippen LogP) is 2.11. The number of carbonyl (C=O) groups excluding carboxylic acids is 1. The van der Waals surface area contributed by atoms with Crippen LogP contribution < -0.4 is 10.6 Å². The standard InChI is InChI=1S/C19H32N4O3.HI/c1-5-20-19(21-11-6-12-26-14-13-25-4)22-15-16-7-9-17(10-8-16)18(24)23(2)3;/h7-10H,5-6,11-15H2,1-4H3,(H2,20,21,22);1H. The zero-order chi connectivity index (χ0) is 19.2. The molecule has 0 aliphatic heterocycles. The van der Waals surface area contributed by atoms with Crippen LogP contribution in [0.3, 0.4) is 0 Å². The van der Waals surface area contributed by atoms with Gasteiger partial charge < -0.3 is 25.0 Å². The first kappa shape index (κ1) is 25.6. The van der Waals surface area contributed by atoms with Crippen molar-refractivity contribution in [1.29, 1.82) is 0 Å². The zero-order valence-corrected chi connectivity index (χ0v) is 19.1. The Bertz CT molecular complexity index is 550. The van der Waals surface area contributed by atoms with Gasteiger partial charge in [-0.2, -0.15) is 0 Å². The van der Waals surface area contributed by atoms with Gasteiger partial charge >= 0.3 is 0 Å². The monoisotopic (exact) mass is 492 g/mol. The Labute approximate surface area is 179 Å². The summed E-state index contributed by atoms with van der Waals surface area (Å²) >= 11 is 0. The fraction of sp³-hybridized carbons (Fsp3) is 0.579. The number of ether oxygens (including phenoxy) is 2. The number of amides is 1. The topological polar surface area (TPSA) is 75.2 Å². The first-order valence-electron chi connectivity index (χ1n) is 8.98. The second kappa shape index (κ2) is 15.6. The maximum absolute atomic E-state index is 11.9. The lowest BCUT2D eigenvalue weighted by Gasteiger charge is -2.12. The summed E-state index contributed by atoms with van der Waals surface area (Å²) in [5, 5.41) is 6.52. The van der Waals surface area contributed by atoms with Crippen molar-refractivity contribution in [2.24, 2.45) is 4.99 Å². The van der Waals surface area contributed by atoms with E-state index in [1.54, 1.807) is 26.1 Å². The number of rotatable bonds is 11. The second-order valence-corrected chi connectivity index (χ2v) is 5.98. The molecule has 7 nitrogen and oxygen atoms in total. The van der Waals surface area contributed by atoms with Gasteiger partial charge in [0.25, 0.3) is 5.91 Å². The first-order valence-corrected chi connectivity index (χ1v) is 8.98. The molecule has 1 rings (SSSR count). The summed E-state index contributed by atoms with van der Waals surface area (Å²) in [6, 6.07) is 7.55. The number of methoxy groups -OCH3 is 1. The van der Waals surface area contributed by atoms with Gasteiger partial charge in [0.2, 0.25) is 0 Å². The zero-order valence-electron chi connectivity index (χ0n) is 16.8. The highest BCUT2D eigenvalue weighted by Crippen LogP contribution is 2.07. The first-order chi connectivity index (χ1) is 12.6. The summed E-state index contributed by atoms with van der Waals surface area (Å²) in [5.41, 5.74) is 1.74. The smallest absolute Gasteiger partial charge is 0.253 e. The van der Waals surface area contributed by atoms with Crippen molar-refractivity contribution in [1.82, 2.24) is 15.5 Å². The number of nitrogens with zero attached hydrogens (tertiary/aromatic N) is 2. The van der Waals surface area contributed by atoms with E-state index < -0.39 is 0 Å². The van der Waals surface area contributed by atoms with Crippen molar-refractivity contribution in [3.8, 4) is 0 Å². The third kappa shape index (κ3) is 11.1. The normalized spacial score (nSPS) is 10.9. The van der Waals surface area contributed by atoms with Crippen LogP contribution in [0.5, 0.6) is 0 Å². The van der Waals surface area contributed by atoms with Gasteiger partial charge in [0, 0.05) is 46.5 Å². The molecule has 8 heteroatoms. The molecule has 1 amide bonds. The van der Waals surface area contributed by atoms with Gasteiger partial charge in [-0.15, -0.1) is 24.0 Å². The summed E-state index contributed by atoms with van der Waals surface area (Å²) in [6.45, 7) is 6.11.